The Morgan fingerprint density at radius 1 is 1.60 bits per heavy atom. The van der Waals surface area contributed by atoms with Gasteiger partial charge in [0.1, 0.15) is 0 Å². The molecule has 2 N–H and O–H groups in total. The first-order valence-electron chi connectivity index (χ1n) is 3.05. The van der Waals surface area contributed by atoms with Crippen molar-refractivity contribution in [2.24, 2.45) is 5.73 Å². The van der Waals surface area contributed by atoms with E-state index in [9.17, 15) is 4.39 Å². The first-order chi connectivity index (χ1) is 4.72. The predicted octanol–water partition coefficient (Wildman–Crippen LogP) is 0.988. The van der Waals surface area contributed by atoms with Crippen molar-refractivity contribution in [3.8, 4) is 0 Å². The fourth-order valence-electron chi connectivity index (χ4n) is 0.799. The van der Waals surface area contributed by atoms with Crippen molar-refractivity contribution in [3.63, 3.8) is 0 Å². The van der Waals surface area contributed by atoms with Gasteiger partial charge in [-0.15, -0.1) is 0 Å². The van der Waals surface area contributed by atoms with Gasteiger partial charge >= 0.3 is 0 Å². The molecule has 0 aliphatic rings. The molecule has 2 nitrogen and oxygen atoms in total. The van der Waals surface area contributed by atoms with Crippen LogP contribution in [0.15, 0.2) is 12.1 Å². The number of hydrogen-bond donors (Lipinski definition) is 1. The highest BCUT2D eigenvalue weighted by atomic mass is 19.1. The summed E-state index contributed by atoms with van der Waals surface area (Å²) in [5, 5.41) is 0. The van der Waals surface area contributed by atoms with Crippen LogP contribution in [0, 0.1) is 12.9 Å². The number of rotatable bonds is 1. The van der Waals surface area contributed by atoms with Crippen molar-refractivity contribution in [1.29, 1.82) is 0 Å². The van der Waals surface area contributed by atoms with E-state index in [0.717, 1.165) is 5.56 Å². The van der Waals surface area contributed by atoms with Gasteiger partial charge in [-0.2, -0.15) is 4.39 Å². The Morgan fingerprint density at radius 3 is 2.80 bits per heavy atom. The van der Waals surface area contributed by atoms with Gasteiger partial charge in [-0.25, -0.2) is 4.98 Å². The molecule has 0 aromatic carbocycles. The molecule has 10 heavy (non-hydrogen) atoms. The van der Waals surface area contributed by atoms with Crippen LogP contribution >= 0.6 is 0 Å². The van der Waals surface area contributed by atoms with Crippen LogP contribution in [0.5, 0.6) is 0 Å². The Bertz CT molecular complexity index is 215. The number of nitrogens with zero attached hydrogens (tertiary/aromatic N) is 1. The van der Waals surface area contributed by atoms with Crippen LogP contribution in [0.4, 0.5) is 4.39 Å². The molecule has 1 rings (SSSR count). The lowest BCUT2D eigenvalue weighted by Gasteiger charge is -1.96. The highest BCUT2D eigenvalue weighted by molar-refractivity contribution is 5.14. The molecule has 0 fully saturated rings. The summed E-state index contributed by atoms with van der Waals surface area (Å²) in [6.45, 7) is 2.10. The zero-order valence-electron chi connectivity index (χ0n) is 5.76. The van der Waals surface area contributed by atoms with Crippen LogP contribution in [-0.4, -0.2) is 4.98 Å². The van der Waals surface area contributed by atoms with Crippen molar-refractivity contribution in [3.05, 3.63) is 29.3 Å². The lowest BCUT2D eigenvalue weighted by molar-refractivity contribution is 0.575. The highest BCUT2D eigenvalue weighted by Crippen LogP contribution is 2.02. The Kier molecular flexibility index (Phi) is 1.97. The first-order valence-corrected chi connectivity index (χ1v) is 3.05. The van der Waals surface area contributed by atoms with Gasteiger partial charge in [0.2, 0.25) is 5.95 Å². The van der Waals surface area contributed by atoms with E-state index < -0.39 is 5.95 Å². The Hall–Kier alpha value is -0.960. The molecule has 0 radical (unpaired) electrons. The van der Waals surface area contributed by atoms with Crippen LogP contribution in [0.2, 0.25) is 0 Å². The van der Waals surface area contributed by atoms with Gasteiger partial charge in [-0.05, 0) is 24.6 Å². The van der Waals surface area contributed by atoms with E-state index in [4.69, 9.17) is 5.73 Å². The number of aromatic nitrogens is 1. The van der Waals surface area contributed by atoms with Gasteiger partial charge in [-0.1, -0.05) is 0 Å². The van der Waals surface area contributed by atoms with Crippen LogP contribution in [-0.2, 0) is 6.54 Å². The van der Waals surface area contributed by atoms with Gasteiger partial charge < -0.3 is 5.73 Å². The fraction of sp³-hybridized carbons (Fsp3) is 0.286. The third-order valence-electron chi connectivity index (χ3n) is 1.20. The smallest absolute Gasteiger partial charge is 0.213 e. The maximum Gasteiger partial charge on any atom is 0.213 e. The molecule has 0 saturated carbocycles. The van der Waals surface area contributed by atoms with E-state index in [2.05, 4.69) is 4.98 Å². The number of halogens is 1. The van der Waals surface area contributed by atoms with Gasteiger partial charge in [0.25, 0.3) is 0 Å². The molecule has 0 aliphatic carbocycles. The molecule has 0 atom stereocenters. The second kappa shape index (κ2) is 2.75. The monoisotopic (exact) mass is 140 g/mol. The summed E-state index contributed by atoms with van der Waals surface area (Å²) in [6.07, 6.45) is 0. The summed E-state index contributed by atoms with van der Waals surface area (Å²) >= 11 is 0. The topological polar surface area (TPSA) is 38.9 Å². The first kappa shape index (κ1) is 7.15. The largest absolute Gasteiger partial charge is 0.325 e. The summed E-state index contributed by atoms with van der Waals surface area (Å²) in [5.41, 5.74) is 6.71. The van der Waals surface area contributed by atoms with Crippen molar-refractivity contribution in [2.45, 2.75) is 13.5 Å². The van der Waals surface area contributed by atoms with Crippen molar-refractivity contribution < 1.29 is 4.39 Å². The molecule has 1 heterocycles. The molecule has 0 saturated heterocycles. The lowest BCUT2D eigenvalue weighted by atomic mass is 10.2. The van der Waals surface area contributed by atoms with E-state index in [1.54, 1.807) is 6.07 Å². The summed E-state index contributed by atoms with van der Waals surface area (Å²) in [7, 11) is 0. The van der Waals surface area contributed by atoms with Gasteiger partial charge in [0.15, 0.2) is 0 Å². The lowest BCUT2D eigenvalue weighted by Crippen LogP contribution is -2.01. The van der Waals surface area contributed by atoms with Crippen LogP contribution in [0.1, 0.15) is 11.3 Å². The second-order valence-corrected chi connectivity index (χ2v) is 2.16. The fourth-order valence-corrected chi connectivity index (χ4v) is 0.799. The SMILES string of the molecule is Cc1cc(F)nc(CN)c1. The minimum absolute atomic E-state index is 0.290. The average Bonchev–Trinajstić information content (AvgIpc) is 1.85. The maximum absolute atomic E-state index is 12.4. The average molecular weight is 140 g/mol. The van der Waals surface area contributed by atoms with Crippen molar-refractivity contribution in [2.75, 3.05) is 0 Å². The van der Waals surface area contributed by atoms with Gasteiger partial charge in [0.05, 0.1) is 5.69 Å². The highest BCUT2D eigenvalue weighted by Gasteiger charge is 1.95. The molecular weight excluding hydrogens is 131 g/mol. The molecule has 0 bridgehead atoms. The molecule has 54 valence electrons. The van der Waals surface area contributed by atoms with E-state index in [1.807, 2.05) is 6.92 Å². The number of aryl methyl sites for hydroxylation is 1. The van der Waals surface area contributed by atoms with Crippen molar-refractivity contribution in [1.82, 2.24) is 4.98 Å². The summed E-state index contributed by atoms with van der Waals surface area (Å²) in [5.74, 6) is -0.458. The molecule has 1 aromatic rings. The molecule has 0 unspecified atom stereocenters. The summed E-state index contributed by atoms with van der Waals surface area (Å²) in [4.78, 5) is 3.56. The number of nitrogens with two attached hydrogens (primary N) is 1. The number of hydrogen-bond acceptors (Lipinski definition) is 2. The standard InChI is InChI=1S/C7H9FN2/c1-5-2-6(4-9)10-7(8)3-5/h2-3H,4,9H2,1H3. The quantitative estimate of drug-likeness (QED) is 0.591. The van der Waals surface area contributed by atoms with Crippen LogP contribution < -0.4 is 5.73 Å². The van der Waals surface area contributed by atoms with E-state index in [-0.39, 0.29) is 0 Å². The molecular formula is C7H9FN2. The van der Waals surface area contributed by atoms with Gasteiger partial charge in [0, 0.05) is 6.54 Å². The van der Waals surface area contributed by atoms with E-state index in [0.29, 0.717) is 12.2 Å². The van der Waals surface area contributed by atoms with E-state index >= 15 is 0 Å². The minimum atomic E-state index is -0.458. The summed E-state index contributed by atoms with van der Waals surface area (Å²) in [6, 6.07) is 3.14. The molecule has 0 amide bonds. The van der Waals surface area contributed by atoms with Gasteiger partial charge in [-0.3, -0.25) is 0 Å². The summed E-state index contributed by atoms with van der Waals surface area (Å²) < 4.78 is 12.4. The van der Waals surface area contributed by atoms with Crippen LogP contribution in [0.25, 0.3) is 0 Å². The Morgan fingerprint density at radius 2 is 2.30 bits per heavy atom. The third-order valence-corrected chi connectivity index (χ3v) is 1.20. The predicted molar refractivity (Wildman–Crippen MR) is 36.8 cm³/mol. The Labute approximate surface area is 58.9 Å². The molecule has 1 aromatic heterocycles. The minimum Gasteiger partial charge on any atom is -0.325 e. The van der Waals surface area contributed by atoms with E-state index in [1.165, 1.54) is 6.07 Å². The third kappa shape index (κ3) is 1.51. The molecule has 0 spiro atoms. The molecule has 3 heteroatoms. The Balaban J connectivity index is 3.06. The zero-order valence-corrected chi connectivity index (χ0v) is 5.76. The van der Waals surface area contributed by atoms with Crippen molar-refractivity contribution >= 4 is 0 Å². The maximum atomic E-state index is 12.4. The normalized spacial score (nSPS) is 9.90. The molecule has 0 aliphatic heterocycles. The zero-order chi connectivity index (χ0) is 7.56. The second-order valence-electron chi connectivity index (χ2n) is 2.16. The number of pyridine rings is 1. The van der Waals surface area contributed by atoms with Crippen LogP contribution in [0.3, 0.4) is 0 Å².